The fourth-order valence-electron chi connectivity index (χ4n) is 6.91. The fraction of sp³-hybridized carbons (Fsp3) is 0.581. The molecule has 11 heteroatoms. The number of esters is 1. The highest BCUT2D eigenvalue weighted by Gasteiger charge is 2.69. The summed E-state index contributed by atoms with van der Waals surface area (Å²) in [5.74, 6) is -2.20. The number of aromatic amines is 1. The number of hydrogen-bond acceptors (Lipinski definition) is 6. The largest absolute Gasteiger partial charge is 0.467 e. The first-order valence-corrected chi connectivity index (χ1v) is 14.8. The third-order valence-corrected chi connectivity index (χ3v) is 9.33. The maximum Gasteiger partial charge on any atom is 0.328 e. The molecule has 4 N–H and O–H groups in total. The number of fused-ring (bicyclic) bond motifs is 2. The van der Waals surface area contributed by atoms with Gasteiger partial charge in [0.05, 0.1) is 7.11 Å². The van der Waals surface area contributed by atoms with Gasteiger partial charge in [0, 0.05) is 29.9 Å². The molecule has 4 amide bonds. The molecule has 0 radical (unpaired) electrons. The summed E-state index contributed by atoms with van der Waals surface area (Å²) < 4.78 is 4.95. The third kappa shape index (κ3) is 5.61. The number of ether oxygens (including phenoxy) is 1. The Kier molecular flexibility index (Phi) is 8.04. The molecule has 1 aromatic carbocycles. The van der Waals surface area contributed by atoms with Gasteiger partial charge in [-0.1, -0.05) is 45.9 Å². The lowest BCUT2D eigenvalue weighted by molar-refractivity contribution is -0.148. The second-order valence-electron chi connectivity index (χ2n) is 12.9. The Balaban J connectivity index is 1.35. The molecule has 2 aromatic rings. The number of piperidine rings is 1. The minimum atomic E-state index is -1.01. The standard InChI is InChI=1S/C31H41N5O6/c1-16(2)12-22(34-27(38)21-13-17-8-6-7-9-20(17)33-21)29(40)36-15-19-24(31(19,3)4)25(36)28(39)35-23(30(41)42-5)14-18-10-11-32-26(18)37/h6-9,13,16,18-19,22-25,33H,10-12,14-15H2,1-5H3,(H,32,37)(H,34,38)(H,35,39)/t18-,19-,22-,23-,24-,25-/m0/s1. The van der Waals surface area contributed by atoms with E-state index in [4.69, 9.17) is 4.74 Å². The van der Waals surface area contributed by atoms with Gasteiger partial charge in [0.25, 0.3) is 5.91 Å². The van der Waals surface area contributed by atoms with Crippen molar-refractivity contribution in [3.8, 4) is 0 Å². The van der Waals surface area contributed by atoms with E-state index in [1.165, 1.54) is 7.11 Å². The van der Waals surface area contributed by atoms with Crippen molar-refractivity contribution in [2.75, 3.05) is 20.2 Å². The predicted octanol–water partition coefficient (Wildman–Crippen LogP) is 1.98. The van der Waals surface area contributed by atoms with Crippen LogP contribution in [0.1, 0.15) is 57.4 Å². The molecule has 42 heavy (non-hydrogen) atoms. The van der Waals surface area contributed by atoms with Crippen LogP contribution in [0.3, 0.4) is 0 Å². The highest BCUT2D eigenvalue weighted by atomic mass is 16.5. The van der Waals surface area contributed by atoms with E-state index in [2.05, 4.69) is 34.8 Å². The Morgan fingerprint density at radius 1 is 1.12 bits per heavy atom. The van der Waals surface area contributed by atoms with Gasteiger partial charge in [-0.05, 0) is 54.6 Å². The number of likely N-dealkylation sites (tertiary alicyclic amines) is 1. The zero-order valence-corrected chi connectivity index (χ0v) is 24.9. The first-order valence-electron chi connectivity index (χ1n) is 14.8. The van der Waals surface area contributed by atoms with Crippen molar-refractivity contribution in [2.45, 2.75) is 65.1 Å². The highest BCUT2D eigenvalue weighted by Crippen LogP contribution is 2.65. The SMILES string of the molecule is COC(=O)[C@H](C[C@@H]1CCNC1=O)NC(=O)[C@@H]1[C@@H]2[C@H](CN1C(=O)[C@H](CC(C)C)NC(=O)c1cc3ccccc3[nH]1)C2(C)C. The van der Waals surface area contributed by atoms with Crippen molar-refractivity contribution in [1.82, 2.24) is 25.8 Å². The number of benzene rings is 1. The normalized spacial score (nSPS) is 25.5. The van der Waals surface area contributed by atoms with Crippen LogP contribution in [-0.4, -0.2) is 77.8 Å². The Hall–Kier alpha value is -3.89. The molecule has 11 nitrogen and oxygen atoms in total. The average molecular weight is 580 g/mol. The van der Waals surface area contributed by atoms with Gasteiger partial charge in [0.15, 0.2) is 0 Å². The number of para-hydroxylation sites is 1. The van der Waals surface area contributed by atoms with Gasteiger partial charge in [0.1, 0.15) is 23.8 Å². The number of nitrogens with one attached hydrogen (secondary N) is 4. The van der Waals surface area contributed by atoms with Gasteiger partial charge in [-0.2, -0.15) is 0 Å². The van der Waals surface area contributed by atoms with Crippen LogP contribution in [0.2, 0.25) is 0 Å². The van der Waals surface area contributed by atoms with E-state index < -0.39 is 41.8 Å². The summed E-state index contributed by atoms with van der Waals surface area (Å²) in [4.78, 5) is 70.7. The van der Waals surface area contributed by atoms with Gasteiger partial charge in [-0.15, -0.1) is 0 Å². The summed E-state index contributed by atoms with van der Waals surface area (Å²) in [5.41, 5.74) is 1.03. The van der Waals surface area contributed by atoms with Gasteiger partial charge < -0.3 is 30.6 Å². The van der Waals surface area contributed by atoms with Crippen molar-refractivity contribution in [1.29, 1.82) is 0 Å². The van der Waals surface area contributed by atoms with Crippen LogP contribution in [0.15, 0.2) is 30.3 Å². The number of rotatable bonds is 10. The van der Waals surface area contributed by atoms with Crippen molar-refractivity contribution in [2.24, 2.45) is 29.1 Å². The molecular formula is C31H41N5O6. The Labute approximate surface area is 245 Å². The monoisotopic (exact) mass is 579 g/mol. The fourth-order valence-corrected chi connectivity index (χ4v) is 6.91. The van der Waals surface area contributed by atoms with Crippen molar-refractivity contribution >= 4 is 40.5 Å². The molecule has 0 bridgehead atoms. The minimum Gasteiger partial charge on any atom is -0.467 e. The second-order valence-corrected chi connectivity index (χ2v) is 12.9. The van der Waals surface area contributed by atoms with Gasteiger partial charge in [-0.25, -0.2) is 4.79 Å². The molecule has 6 atom stereocenters. The maximum atomic E-state index is 14.1. The highest BCUT2D eigenvalue weighted by molar-refractivity contribution is 6.01. The molecule has 0 spiro atoms. The molecule has 2 saturated heterocycles. The van der Waals surface area contributed by atoms with Crippen LogP contribution in [0.25, 0.3) is 10.9 Å². The van der Waals surface area contributed by atoms with Crippen molar-refractivity contribution in [3.63, 3.8) is 0 Å². The summed E-state index contributed by atoms with van der Waals surface area (Å²) in [6.07, 6.45) is 1.09. The number of carbonyl (C=O) groups is 5. The van der Waals surface area contributed by atoms with E-state index in [1.807, 2.05) is 38.1 Å². The van der Waals surface area contributed by atoms with Gasteiger partial charge in [-0.3, -0.25) is 19.2 Å². The van der Waals surface area contributed by atoms with Crippen molar-refractivity contribution < 1.29 is 28.7 Å². The molecule has 3 aliphatic rings. The quantitative estimate of drug-likeness (QED) is 0.316. The van der Waals surface area contributed by atoms with E-state index in [0.29, 0.717) is 31.6 Å². The summed E-state index contributed by atoms with van der Waals surface area (Å²) in [7, 11) is 1.24. The molecule has 1 aromatic heterocycles. The molecule has 226 valence electrons. The van der Waals surface area contributed by atoms with Crippen LogP contribution in [0.5, 0.6) is 0 Å². The van der Waals surface area contributed by atoms with Gasteiger partial charge in [0.2, 0.25) is 17.7 Å². The van der Waals surface area contributed by atoms with Crippen molar-refractivity contribution in [3.05, 3.63) is 36.0 Å². The molecule has 1 aliphatic carbocycles. The molecule has 2 aliphatic heterocycles. The summed E-state index contributed by atoms with van der Waals surface area (Å²) in [5, 5.41) is 9.39. The summed E-state index contributed by atoms with van der Waals surface area (Å²) in [6.45, 7) is 9.02. The zero-order valence-electron chi connectivity index (χ0n) is 24.9. The number of nitrogens with zero attached hydrogens (tertiary/aromatic N) is 1. The number of H-pyrrole nitrogens is 1. The average Bonchev–Trinajstić information content (AvgIpc) is 3.46. The Morgan fingerprint density at radius 2 is 1.86 bits per heavy atom. The molecule has 1 saturated carbocycles. The third-order valence-electron chi connectivity index (χ3n) is 9.33. The van der Waals surface area contributed by atoms with Gasteiger partial charge >= 0.3 is 5.97 Å². The van der Waals surface area contributed by atoms with Crippen LogP contribution < -0.4 is 16.0 Å². The minimum absolute atomic E-state index is 0.0846. The van der Waals surface area contributed by atoms with E-state index in [1.54, 1.807) is 11.0 Å². The lowest BCUT2D eigenvalue weighted by Crippen LogP contribution is -2.58. The smallest absolute Gasteiger partial charge is 0.328 e. The lowest BCUT2D eigenvalue weighted by Gasteiger charge is -2.34. The number of carbonyl (C=O) groups excluding carboxylic acids is 5. The molecule has 3 fully saturated rings. The molecule has 0 unspecified atom stereocenters. The number of methoxy groups -OCH3 is 1. The summed E-state index contributed by atoms with van der Waals surface area (Å²) >= 11 is 0. The van der Waals surface area contributed by atoms with E-state index >= 15 is 0 Å². The van der Waals surface area contributed by atoms with E-state index in [-0.39, 0.29) is 41.4 Å². The first kappa shape index (κ1) is 29.6. The second kappa shape index (κ2) is 11.4. The zero-order chi connectivity index (χ0) is 30.3. The van der Waals surface area contributed by atoms with Crippen LogP contribution in [0.4, 0.5) is 0 Å². The predicted molar refractivity (Wildman–Crippen MR) is 155 cm³/mol. The molecular weight excluding hydrogens is 538 g/mol. The maximum absolute atomic E-state index is 14.1. The Bertz CT molecular complexity index is 1370. The lowest BCUT2D eigenvalue weighted by atomic mass is 9.96. The van der Waals surface area contributed by atoms with Crippen LogP contribution in [0, 0.1) is 29.1 Å². The molecule has 5 rings (SSSR count). The van der Waals surface area contributed by atoms with Crippen LogP contribution >= 0.6 is 0 Å². The summed E-state index contributed by atoms with van der Waals surface area (Å²) in [6, 6.07) is 6.66. The Morgan fingerprint density at radius 3 is 2.50 bits per heavy atom. The van der Waals surface area contributed by atoms with E-state index in [0.717, 1.165) is 10.9 Å². The number of hydrogen-bond donors (Lipinski definition) is 4. The first-order chi connectivity index (χ1) is 19.9. The number of aromatic nitrogens is 1. The van der Waals surface area contributed by atoms with E-state index in [9.17, 15) is 24.0 Å². The topological polar surface area (TPSA) is 150 Å². The molecule has 3 heterocycles. The number of amides is 4. The van der Waals surface area contributed by atoms with Crippen LogP contribution in [-0.2, 0) is 23.9 Å².